The van der Waals surface area contributed by atoms with Crippen LogP contribution in [0.25, 0.3) is 16.8 Å². The lowest BCUT2D eigenvalue weighted by molar-refractivity contribution is 0.149. The number of pyridine rings is 1. The second-order valence-corrected chi connectivity index (χ2v) is 12.5. The number of alkyl carbamates (subject to hydrolysis) is 1. The van der Waals surface area contributed by atoms with Crippen molar-refractivity contribution in [3.8, 4) is 11.3 Å². The fourth-order valence-corrected chi connectivity index (χ4v) is 6.27. The average Bonchev–Trinajstić information content (AvgIpc) is 3.31. The van der Waals surface area contributed by atoms with Crippen molar-refractivity contribution in [1.29, 1.82) is 0 Å². The van der Waals surface area contributed by atoms with E-state index in [2.05, 4.69) is 20.4 Å². The normalized spacial score (nSPS) is 21.1. The number of carbonyl (C=O) groups excluding carboxylic acids is 1. The number of methoxy groups -OCH3 is 1. The van der Waals surface area contributed by atoms with Crippen molar-refractivity contribution in [2.45, 2.75) is 49.1 Å². The number of hydrogen-bond acceptors (Lipinski definition) is 8. The summed E-state index contributed by atoms with van der Waals surface area (Å²) in [5.41, 5.74) is 8.63. The van der Waals surface area contributed by atoms with E-state index in [1.165, 1.54) is 17.7 Å². The molecule has 41 heavy (non-hydrogen) atoms. The van der Waals surface area contributed by atoms with Crippen LogP contribution in [-0.4, -0.2) is 59.5 Å². The first kappa shape index (κ1) is 28.6. The van der Waals surface area contributed by atoms with E-state index < -0.39 is 38.0 Å². The van der Waals surface area contributed by atoms with Gasteiger partial charge in [-0.1, -0.05) is 6.92 Å². The molecule has 0 radical (unpaired) electrons. The molecule has 1 aromatic carbocycles. The number of aromatic nitrogens is 4. The number of halogens is 2. The number of nitrogens with zero attached hydrogens (tertiary/aromatic N) is 4. The molecular weight excluding hydrogens is 554 g/mol. The van der Waals surface area contributed by atoms with Crippen molar-refractivity contribution in [3.05, 3.63) is 77.5 Å². The molecule has 13 heteroatoms. The van der Waals surface area contributed by atoms with Crippen LogP contribution in [0.15, 0.2) is 53.8 Å². The number of sulfone groups is 1. The molecular formula is C28H30F2N6O4S. The third kappa shape index (κ3) is 5.77. The van der Waals surface area contributed by atoms with E-state index >= 15 is 0 Å². The van der Waals surface area contributed by atoms with Crippen molar-refractivity contribution in [2.24, 2.45) is 11.7 Å². The predicted molar refractivity (Wildman–Crippen MR) is 147 cm³/mol. The number of ether oxygens (including phenoxy) is 1. The van der Waals surface area contributed by atoms with E-state index in [0.29, 0.717) is 24.2 Å². The van der Waals surface area contributed by atoms with Gasteiger partial charge in [-0.15, -0.1) is 0 Å². The van der Waals surface area contributed by atoms with Crippen LogP contribution in [0.2, 0.25) is 0 Å². The lowest BCUT2D eigenvalue weighted by Gasteiger charge is -2.39. The van der Waals surface area contributed by atoms with Crippen LogP contribution in [0.5, 0.6) is 0 Å². The lowest BCUT2D eigenvalue weighted by Crippen LogP contribution is -2.54. The molecule has 0 unspecified atom stereocenters. The largest absolute Gasteiger partial charge is 0.453 e. The number of rotatable bonds is 6. The van der Waals surface area contributed by atoms with Crippen LogP contribution in [0.1, 0.15) is 42.6 Å². The first-order valence-electron chi connectivity index (χ1n) is 13.0. The monoisotopic (exact) mass is 584 g/mol. The number of imidazole rings is 1. The highest BCUT2D eigenvalue weighted by Crippen LogP contribution is 2.37. The molecule has 10 nitrogen and oxygen atoms in total. The number of nitrogens with one attached hydrogen (secondary N) is 1. The molecule has 1 fully saturated rings. The van der Waals surface area contributed by atoms with E-state index in [1.54, 1.807) is 24.7 Å². The zero-order valence-electron chi connectivity index (χ0n) is 22.7. The minimum atomic E-state index is -3.80. The Morgan fingerprint density at radius 2 is 1.90 bits per heavy atom. The summed E-state index contributed by atoms with van der Waals surface area (Å²) >= 11 is 0. The van der Waals surface area contributed by atoms with E-state index in [9.17, 15) is 22.0 Å². The highest BCUT2D eigenvalue weighted by Gasteiger charge is 2.36. The Balaban J connectivity index is 1.45. The zero-order chi connectivity index (χ0) is 29.5. The Morgan fingerprint density at radius 3 is 2.56 bits per heavy atom. The molecule has 1 aliphatic carbocycles. The average molecular weight is 585 g/mol. The second kappa shape index (κ2) is 11.1. The Hall–Kier alpha value is -3.97. The third-order valence-corrected chi connectivity index (χ3v) is 8.73. The number of benzene rings is 1. The SMILES string of the molecule is COC(=O)N[C@@H]1[C@H](N)C[C@H](c2ccncc2Cc2ncc3ccc(-c4c(F)cc(S(C)(=O)=O)cc4F)nn23)C[C@@H]1C. The van der Waals surface area contributed by atoms with Gasteiger partial charge in [0.25, 0.3) is 0 Å². The summed E-state index contributed by atoms with van der Waals surface area (Å²) < 4.78 is 59.7. The van der Waals surface area contributed by atoms with E-state index in [1.807, 2.05) is 13.0 Å². The smallest absolute Gasteiger partial charge is 0.407 e. The maximum absolute atomic E-state index is 14.9. The van der Waals surface area contributed by atoms with Crippen LogP contribution in [0.4, 0.5) is 13.6 Å². The number of amides is 1. The molecule has 0 spiro atoms. The van der Waals surface area contributed by atoms with Crippen LogP contribution < -0.4 is 11.1 Å². The molecule has 0 saturated heterocycles. The first-order chi connectivity index (χ1) is 19.5. The van der Waals surface area contributed by atoms with Gasteiger partial charge in [0.1, 0.15) is 17.5 Å². The third-order valence-electron chi connectivity index (χ3n) is 7.64. The van der Waals surface area contributed by atoms with Gasteiger partial charge in [0.15, 0.2) is 9.84 Å². The van der Waals surface area contributed by atoms with Gasteiger partial charge in [0.2, 0.25) is 0 Å². The van der Waals surface area contributed by atoms with E-state index in [0.717, 1.165) is 35.9 Å². The summed E-state index contributed by atoms with van der Waals surface area (Å²) in [5.74, 6) is -1.32. The maximum Gasteiger partial charge on any atom is 0.407 e. The lowest BCUT2D eigenvalue weighted by atomic mass is 9.72. The van der Waals surface area contributed by atoms with Crippen molar-refractivity contribution in [2.75, 3.05) is 13.4 Å². The number of fused-ring (bicyclic) bond motifs is 1. The molecule has 0 bridgehead atoms. The second-order valence-electron chi connectivity index (χ2n) is 10.5. The first-order valence-corrected chi connectivity index (χ1v) is 14.9. The van der Waals surface area contributed by atoms with E-state index in [4.69, 9.17) is 10.5 Å². The van der Waals surface area contributed by atoms with E-state index in [-0.39, 0.29) is 29.6 Å². The minimum absolute atomic E-state index is 0.00515. The fraction of sp³-hybridized carbons (Fsp3) is 0.357. The van der Waals surface area contributed by atoms with Gasteiger partial charge < -0.3 is 15.8 Å². The summed E-state index contributed by atoms with van der Waals surface area (Å²) in [6.45, 7) is 2.04. The van der Waals surface area contributed by atoms with Gasteiger partial charge in [0, 0.05) is 37.2 Å². The van der Waals surface area contributed by atoms with Crippen molar-refractivity contribution in [1.82, 2.24) is 24.9 Å². The zero-order valence-corrected chi connectivity index (χ0v) is 23.5. The molecule has 216 valence electrons. The van der Waals surface area contributed by atoms with Gasteiger partial charge in [-0.05, 0) is 66.1 Å². The molecule has 0 aliphatic heterocycles. The summed E-state index contributed by atoms with van der Waals surface area (Å²) in [6, 6.07) is 6.14. The van der Waals surface area contributed by atoms with Gasteiger partial charge >= 0.3 is 6.09 Å². The van der Waals surface area contributed by atoms with Crippen LogP contribution in [0.3, 0.4) is 0 Å². The topological polar surface area (TPSA) is 142 Å². The molecule has 4 atom stereocenters. The van der Waals surface area contributed by atoms with Crippen LogP contribution in [0, 0.1) is 17.6 Å². The molecule has 4 aromatic rings. The Bertz CT molecular complexity index is 1690. The van der Waals surface area contributed by atoms with Gasteiger partial charge in [-0.25, -0.2) is 31.5 Å². The van der Waals surface area contributed by atoms with Gasteiger partial charge in [0.05, 0.1) is 35.0 Å². The molecule has 1 amide bonds. The Labute approximate surface area is 235 Å². The highest BCUT2D eigenvalue weighted by molar-refractivity contribution is 7.90. The standard InChI is InChI=1S/C28H30F2N6O4S/c1-15-8-16(9-23(31)27(15)34-28(37)40-2)20-6-7-32-13-17(20)10-25-33-14-18-4-5-24(35-36(18)25)26-21(29)11-19(12-22(26)30)41(3,38)39/h4-7,11-16,23,27H,8-10,31H2,1-3H3,(H,34,37)/t15-,16+,23+,27-/m0/s1. The maximum atomic E-state index is 14.9. The van der Waals surface area contributed by atoms with Crippen molar-refractivity contribution in [3.63, 3.8) is 0 Å². The predicted octanol–water partition coefficient (Wildman–Crippen LogP) is 3.63. The highest BCUT2D eigenvalue weighted by atomic mass is 32.2. The van der Waals surface area contributed by atoms with Crippen molar-refractivity contribution < 1.29 is 26.7 Å². The Morgan fingerprint density at radius 1 is 1.17 bits per heavy atom. The Kier molecular flexibility index (Phi) is 7.75. The van der Waals surface area contributed by atoms with Crippen LogP contribution in [-0.2, 0) is 21.0 Å². The van der Waals surface area contributed by atoms with Crippen LogP contribution >= 0.6 is 0 Å². The van der Waals surface area contributed by atoms with Crippen molar-refractivity contribution >= 4 is 21.4 Å². The molecule has 5 rings (SSSR count). The number of hydrogen-bond donors (Lipinski definition) is 2. The molecule has 3 aromatic heterocycles. The quantitative estimate of drug-likeness (QED) is 0.350. The minimum Gasteiger partial charge on any atom is -0.453 e. The molecule has 3 N–H and O–H groups in total. The van der Waals surface area contributed by atoms with Gasteiger partial charge in [-0.2, -0.15) is 5.10 Å². The molecule has 3 heterocycles. The summed E-state index contributed by atoms with van der Waals surface area (Å²) in [6.07, 6.45) is 7.24. The number of nitrogens with two attached hydrogens (primary N) is 1. The fourth-order valence-electron chi connectivity index (χ4n) is 5.64. The summed E-state index contributed by atoms with van der Waals surface area (Å²) in [5, 5.41) is 7.30. The molecule has 1 saturated carbocycles. The number of carbonyl (C=O) groups is 1. The molecule has 1 aliphatic rings. The summed E-state index contributed by atoms with van der Waals surface area (Å²) in [7, 11) is -2.48. The summed E-state index contributed by atoms with van der Waals surface area (Å²) in [4.78, 5) is 20.2. The van der Waals surface area contributed by atoms with Gasteiger partial charge in [-0.3, -0.25) is 4.98 Å².